The Kier molecular flexibility index (Phi) is 5.46. The van der Waals surface area contributed by atoms with E-state index >= 15 is 0 Å². The summed E-state index contributed by atoms with van der Waals surface area (Å²) in [5.74, 6) is -0.771. The van der Waals surface area contributed by atoms with Crippen LogP contribution in [-0.2, 0) is 17.4 Å². The largest absolute Gasteiger partial charge is 0.338 e. The topological polar surface area (TPSA) is 70.2 Å². The van der Waals surface area contributed by atoms with Gasteiger partial charge < -0.3 is 20.1 Å². The molecule has 6 nitrogen and oxygen atoms in total. The normalized spacial score (nSPS) is 21.7. The van der Waals surface area contributed by atoms with Crippen molar-refractivity contribution in [3.63, 3.8) is 0 Å². The lowest BCUT2D eigenvalue weighted by molar-refractivity contribution is 0.222. The SMILES string of the molecule is [2H]C([2H])([2H])P(=O)(c1cc(F)ccc1Nc1nc(Nc2ccc3c(c2)CC[C@@H](N2CCCC2)CC3)ncc1Cl)C([2H])([2H])[2H]. The molecule has 36 heavy (non-hydrogen) atoms. The van der Waals surface area contributed by atoms with Gasteiger partial charge in [0.05, 0.1) is 11.9 Å². The molecule has 0 radical (unpaired) electrons. The van der Waals surface area contributed by atoms with Crippen molar-refractivity contribution in [3.05, 3.63) is 64.6 Å². The smallest absolute Gasteiger partial charge is 0.229 e. The summed E-state index contributed by atoms with van der Waals surface area (Å²) in [7, 11) is -5.16. The Hall–Kier alpha value is -2.47. The second-order valence-corrected chi connectivity index (χ2v) is 11.5. The molecule has 2 N–H and O–H groups in total. The van der Waals surface area contributed by atoms with Crippen molar-refractivity contribution < 1.29 is 17.2 Å². The number of nitrogens with one attached hydrogen (secondary N) is 2. The van der Waals surface area contributed by atoms with Crippen LogP contribution in [0.3, 0.4) is 0 Å². The Labute approximate surface area is 225 Å². The molecule has 0 bridgehead atoms. The van der Waals surface area contributed by atoms with E-state index in [1.165, 1.54) is 43.3 Å². The fraction of sp³-hybridized carbons (Fsp3) is 0.407. The highest BCUT2D eigenvalue weighted by molar-refractivity contribution is 7.70. The van der Waals surface area contributed by atoms with Crippen LogP contribution in [0, 0.1) is 5.82 Å². The van der Waals surface area contributed by atoms with Gasteiger partial charge in [0.1, 0.15) is 18.0 Å². The molecule has 0 unspecified atom stereocenters. The van der Waals surface area contributed by atoms with Gasteiger partial charge in [0.25, 0.3) is 0 Å². The van der Waals surface area contributed by atoms with Gasteiger partial charge in [-0.3, -0.25) is 0 Å². The molecular formula is C27H32ClFN5OP. The van der Waals surface area contributed by atoms with Gasteiger partial charge in [0.2, 0.25) is 5.95 Å². The number of benzene rings is 2. The molecule has 2 aliphatic rings. The molecule has 0 amide bonds. The number of anilines is 4. The van der Waals surface area contributed by atoms with Gasteiger partial charge in [-0.1, -0.05) is 17.7 Å². The quantitative estimate of drug-likeness (QED) is 0.284. The standard InChI is InChI=1S/C27H32ClFN5OP/c1-36(2,35)25-16-20(29)8-12-24(25)32-26-23(28)17-30-27(33-26)31-21-9-5-18-6-10-22(11-7-19(18)15-21)34-13-3-4-14-34/h5,8-9,12,15-17,22H,3-4,6-7,10-11,13-14H2,1-2H3,(H2,30,31,32,33)/t22-/m0/s1/i1D3,2D3. The molecular weight excluding hydrogens is 496 g/mol. The van der Waals surface area contributed by atoms with E-state index in [4.69, 9.17) is 19.8 Å². The minimum absolute atomic E-state index is 0.00660. The molecule has 9 heteroatoms. The maximum absolute atomic E-state index is 14.2. The third kappa shape index (κ3) is 5.74. The number of hydrogen-bond acceptors (Lipinski definition) is 6. The van der Waals surface area contributed by atoms with Crippen molar-refractivity contribution >= 4 is 47.2 Å². The van der Waals surface area contributed by atoms with Gasteiger partial charge in [-0.25, -0.2) is 9.37 Å². The maximum atomic E-state index is 14.2. The molecule has 1 aliphatic carbocycles. The Morgan fingerprint density at radius 1 is 1.08 bits per heavy atom. The first-order chi connectivity index (χ1) is 19.8. The van der Waals surface area contributed by atoms with E-state index in [-0.39, 0.29) is 22.5 Å². The molecule has 1 atom stereocenters. The number of rotatable bonds is 6. The molecule has 3 aromatic rings. The van der Waals surface area contributed by atoms with Gasteiger partial charge in [0, 0.05) is 25.3 Å². The summed E-state index contributed by atoms with van der Waals surface area (Å²) in [4.78, 5) is 11.2. The second-order valence-electron chi connectivity index (χ2n) is 9.37. The van der Waals surface area contributed by atoms with E-state index in [1.54, 1.807) is 0 Å². The lowest BCUT2D eigenvalue weighted by Gasteiger charge is -2.25. The predicted octanol–water partition coefficient (Wildman–Crippen LogP) is 6.35. The van der Waals surface area contributed by atoms with Gasteiger partial charge in [-0.2, -0.15) is 4.98 Å². The fourth-order valence-corrected chi connectivity index (χ4v) is 6.00. The highest BCUT2D eigenvalue weighted by atomic mass is 35.5. The van der Waals surface area contributed by atoms with Crippen LogP contribution >= 0.6 is 18.7 Å². The van der Waals surface area contributed by atoms with E-state index in [0.29, 0.717) is 12.1 Å². The van der Waals surface area contributed by atoms with Crippen LogP contribution in [0.4, 0.5) is 27.5 Å². The van der Waals surface area contributed by atoms with Crippen LogP contribution < -0.4 is 15.9 Å². The monoisotopic (exact) mass is 533 g/mol. The Balaban J connectivity index is 1.40. The second kappa shape index (κ2) is 10.5. The van der Waals surface area contributed by atoms with Crippen LogP contribution in [0.2, 0.25) is 5.02 Å². The lowest BCUT2D eigenvalue weighted by Crippen LogP contribution is -2.32. The molecule has 5 rings (SSSR count). The van der Waals surface area contributed by atoms with Crippen molar-refractivity contribution in [1.82, 2.24) is 14.9 Å². The van der Waals surface area contributed by atoms with Crippen LogP contribution in [0.5, 0.6) is 0 Å². The third-order valence-electron chi connectivity index (χ3n) is 6.91. The molecule has 1 fully saturated rings. The van der Waals surface area contributed by atoms with E-state index in [0.717, 1.165) is 43.5 Å². The van der Waals surface area contributed by atoms with Crippen molar-refractivity contribution in [2.24, 2.45) is 0 Å². The molecule has 2 heterocycles. The van der Waals surface area contributed by atoms with E-state index in [9.17, 15) is 8.96 Å². The zero-order valence-electron chi connectivity index (χ0n) is 25.7. The van der Waals surface area contributed by atoms with Crippen molar-refractivity contribution in [2.45, 2.75) is 44.6 Å². The summed E-state index contributed by atoms with van der Waals surface area (Å²) in [6.07, 6.45) is 8.13. The Morgan fingerprint density at radius 2 is 1.86 bits per heavy atom. The predicted molar refractivity (Wildman–Crippen MR) is 147 cm³/mol. The summed E-state index contributed by atoms with van der Waals surface area (Å²) in [6.45, 7) is -4.46. The molecule has 1 aromatic heterocycles. The average Bonchev–Trinajstić information content (AvgIpc) is 3.37. The Bertz CT molecular complexity index is 1500. The minimum atomic E-state index is -5.16. The summed E-state index contributed by atoms with van der Waals surface area (Å²) in [5.41, 5.74) is 3.18. The number of hydrogen-bond donors (Lipinski definition) is 2. The number of aryl methyl sites for hydroxylation is 2. The average molecular weight is 534 g/mol. The maximum Gasteiger partial charge on any atom is 0.229 e. The van der Waals surface area contributed by atoms with E-state index in [2.05, 4.69) is 37.6 Å². The van der Waals surface area contributed by atoms with E-state index < -0.39 is 31.4 Å². The zero-order valence-corrected chi connectivity index (χ0v) is 21.4. The fourth-order valence-electron chi connectivity index (χ4n) is 5.08. The highest BCUT2D eigenvalue weighted by Gasteiger charge is 2.24. The van der Waals surface area contributed by atoms with Crippen LogP contribution in [0.15, 0.2) is 42.6 Å². The highest BCUT2D eigenvalue weighted by Crippen LogP contribution is 2.39. The van der Waals surface area contributed by atoms with Gasteiger partial charge >= 0.3 is 0 Å². The number of aromatic nitrogens is 2. The van der Waals surface area contributed by atoms with Gasteiger partial charge in [-0.05, 0) is 106 Å². The van der Waals surface area contributed by atoms with Crippen LogP contribution in [0.1, 0.15) is 45.0 Å². The molecule has 2 aromatic carbocycles. The van der Waals surface area contributed by atoms with E-state index in [1.807, 2.05) is 6.07 Å². The van der Waals surface area contributed by atoms with Gasteiger partial charge in [-0.15, -0.1) is 0 Å². The zero-order chi connectivity index (χ0) is 30.3. The molecule has 190 valence electrons. The summed E-state index contributed by atoms with van der Waals surface area (Å²) in [6, 6.07) is 9.54. The van der Waals surface area contributed by atoms with Crippen LogP contribution in [0.25, 0.3) is 0 Å². The summed E-state index contributed by atoms with van der Waals surface area (Å²) in [5, 5.41) is 5.29. The third-order valence-corrected chi connectivity index (χ3v) is 8.23. The first kappa shape index (κ1) is 18.7. The molecule has 0 spiro atoms. The van der Waals surface area contributed by atoms with Crippen molar-refractivity contribution in [2.75, 3.05) is 36.9 Å². The molecule has 1 aliphatic heterocycles. The first-order valence-corrected chi connectivity index (χ1v) is 14.2. The minimum Gasteiger partial charge on any atom is -0.338 e. The first-order valence-electron chi connectivity index (χ1n) is 15.1. The number of likely N-dealkylation sites (tertiary alicyclic amines) is 1. The number of nitrogens with zero attached hydrogens (tertiary/aromatic N) is 3. The van der Waals surface area contributed by atoms with Crippen molar-refractivity contribution in [1.29, 1.82) is 0 Å². The molecule has 0 saturated carbocycles. The Morgan fingerprint density at radius 3 is 2.64 bits per heavy atom. The lowest BCUT2D eigenvalue weighted by atomic mass is 10.0. The van der Waals surface area contributed by atoms with Crippen LogP contribution in [-0.4, -0.2) is 47.2 Å². The van der Waals surface area contributed by atoms with Gasteiger partial charge in [0.15, 0.2) is 5.82 Å². The number of fused-ring (bicyclic) bond motifs is 1. The summed E-state index contributed by atoms with van der Waals surface area (Å²) >= 11 is 6.32. The molecule has 1 saturated heterocycles. The summed E-state index contributed by atoms with van der Waals surface area (Å²) < 4.78 is 74.4. The number of halogens is 2. The van der Waals surface area contributed by atoms with Crippen molar-refractivity contribution in [3.8, 4) is 0 Å².